The number of carbonyl (C=O) groups excluding carboxylic acids is 1. The van der Waals surface area contributed by atoms with E-state index in [1.807, 2.05) is 7.05 Å². The van der Waals surface area contributed by atoms with Crippen molar-refractivity contribution >= 4 is 35.1 Å². The number of halogens is 3. The number of hydrogen-bond donors (Lipinski definition) is 3. The lowest BCUT2D eigenvalue weighted by Crippen LogP contribution is -2.43. The van der Waals surface area contributed by atoms with E-state index in [9.17, 15) is 9.18 Å². The number of benzene rings is 1. The Morgan fingerprint density at radius 1 is 1.30 bits per heavy atom. The molecule has 1 aromatic heterocycles. The van der Waals surface area contributed by atoms with Gasteiger partial charge in [-0.2, -0.15) is 0 Å². The summed E-state index contributed by atoms with van der Waals surface area (Å²) in [4.78, 5) is 15.9. The summed E-state index contributed by atoms with van der Waals surface area (Å²) in [5.74, 6) is -0.719. The molecule has 0 fully saturated rings. The predicted octanol–water partition coefficient (Wildman–Crippen LogP) is 2.48. The van der Waals surface area contributed by atoms with E-state index in [0.717, 1.165) is 11.3 Å². The molecule has 0 saturated heterocycles. The summed E-state index contributed by atoms with van der Waals surface area (Å²) in [6, 6.07) is 7.77. The van der Waals surface area contributed by atoms with Crippen molar-refractivity contribution in [2.75, 3.05) is 13.6 Å². The Labute approximate surface area is 167 Å². The van der Waals surface area contributed by atoms with Gasteiger partial charge in [-0.25, -0.2) is 4.39 Å². The molecule has 1 unspecified atom stereocenters. The quantitative estimate of drug-likeness (QED) is 0.481. The Morgan fingerprint density at radius 3 is 2.48 bits per heavy atom. The van der Waals surface area contributed by atoms with E-state index in [0.29, 0.717) is 35.6 Å². The number of nitrogens with zero attached hydrogens (tertiary/aromatic N) is 2. The van der Waals surface area contributed by atoms with Crippen LogP contribution in [0.25, 0.3) is 0 Å². The summed E-state index contributed by atoms with van der Waals surface area (Å²) < 4.78 is 14.8. The lowest BCUT2D eigenvalue weighted by Gasteiger charge is -2.17. The highest BCUT2D eigenvalue weighted by Gasteiger charge is 2.17. The molecule has 0 saturated carbocycles. The van der Waals surface area contributed by atoms with E-state index in [2.05, 4.69) is 15.6 Å². The fraction of sp³-hybridized carbons (Fsp3) is 0.333. The highest BCUT2D eigenvalue weighted by atomic mass is 35.5. The normalized spacial score (nSPS) is 12.7. The zero-order valence-electron chi connectivity index (χ0n) is 15.1. The number of primary amides is 1. The van der Waals surface area contributed by atoms with Crippen LogP contribution in [0.15, 0.2) is 35.3 Å². The van der Waals surface area contributed by atoms with E-state index in [1.54, 1.807) is 29.8 Å². The number of guanidine groups is 1. The van der Waals surface area contributed by atoms with E-state index < -0.39 is 11.8 Å². The van der Waals surface area contributed by atoms with Gasteiger partial charge in [0, 0.05) is 26.3 Å². The first-order chi connectivity index (χ1) is 12.8. The third-order valence-electron chi connectivity index (χ3n) is 4.19. The van der Waals surface area contributed by atoms with Gasteiger partial charge in [-0.15, -0.1) is 0 Å². The first-order valence-corrected chi connectivity index (χ1v) is 9.05. The average Bonchev–Trinajstić information content (AvgIpc) is 2.89. The lowest BCUT2D eigenvalue weighted by atomic mass is 9.98. The minimum absolute atomic E-state index is 0.293. The molecule has 0 aliphatic carbocycles. The molecule has 1 heterocycles. The maximum absolute atomic E-state index is 13.0. The highest BCUT2D eigenvalue weighted by Crippen LogP contribution is 2.24. The molecule has 2 rings (SSSR count). The van der Waals surface area contributed by atoms with Crippen LogP contribution >= 0.6 is 23.2 Å². The average molecular weight is 414 g/mol. The zero-order valence-corrected chi connectivity index (χ0v) is 16.6. The summed E-state index contributed by atoms with van der Waals surface area (Å²) in [7, 11) is 3.44. The fourth-order valence-corrected chi connectivity index (χ4v) is 2.97. The van der Waals surface area contributed by atoms with Gasteiger partial charge in [-0.1, -0.05) is 35.3 Å². The van der Waals surface area contributed by atoms with Crippen molar-refractivity contribution < 1.29 is 9.18 Å². The van der Waals surface area contributed by atoms with Gasteiger partial charge in [0.15, 0.2) is 5.96 Å². The van der Waals surface area contributed by atoms with Crippen LogP contribution in [-0.2, 0) is 24.8 Å². The standard InChI is InChI=1S/C18H22Cl2FN5O/c1-23-18(25-10-14-8-15(19)16(20)26(14)2)24-9-12(17(22)27)7-11-3-5-13(21)6-4-11/h3-6,8,12H,7,9-10H2,1-2H3,(H2,22,27)(H2,23,24,25). The maximum Gasteiger partial charge on any atom is 0.222 e. The second-order valence-electron chi connectivity index (χ2n) is 6.07. The number of nitrogens with one attached hydrogen (secondary N) is 2. The fourth-order valence-electron chi connectivity index (χ4n) is 2.55. The first-order valence-electron chi connectivity index (χ1n) is 8.29. The summed E-state index contributed by atoms with van der Waals surface area (Å²) in [5.41, 5.74) is 7.21. The van der Waals surface area contributed by atoms with Crippen LogP contribution in [0.3, 0.4) is 0 Å². The smallest absolute Gasteiger partial charge is 0.222 e. The van der Waals surface area contributed by atoms with Crippen LogP contribution in [0.4, 0.5) is 4.39 Å². The first kappa shape index (κ1) is 21.1. The number of amides is 1. The Kier molecular flexibility index (Phi) is 7.50. The molecule has 0 radical (unpaired) electrons. The molecule has 0 aliphatic rings. The SMILES string of the molecule is CN=C(NCc1cc(Cl)c(Cl)n1C)NCC(Cc1ccc(F)cc1)C(N)=O. The molecule has 0 aliphatic heterocycles. The molecule has 1 atom stereocenters. The van der Waals surface area contributed by atoms with Gasteiger partial charge >= 0.3 is 0 Å². The topological polar surface area (TPSA) is 84.4 Å². The molecule has 27 heavy (non-hydrogen) atoms. The van der Waals surface area contributed by atoms with Gasteiger partial charge in [-0.05, 0) is 30.2 Å². The largest absolute Gasteiger partial charge is 0.369 e. The van der Waals surface area contributed by atoms with Crippen LogP contribution in [-0.4, -0.2) is 30.0 Å². The summed E-state index contributed by atoms with van der Waals surface area (Å²) >= 11 is 12.1. The molecule has 0 spiro atoms. The number of rotatable bonds is 7. The molecule has 1 amide bonds. The number of aromatic nitrogens is 1. The van der Waals surface area contributed by atoms with Gasteiger partial charge in [-0.3, -0.25) is 9.79 Å². The van der Waals surface area contributed by atoms with Gasteiger partial charge in [0.25, 0.3) is 0 Å². The molecule has 0 bridgehead atoms. The van der Waals surface area contributed by atoms with E-state index in [1.165, 1.54) is 12.1 Å². The number of hydrogen-bond acceptors (Lipinski definition) is 2. The van der Waals surface area contributed by atoms with Crippen molar-refractivity contribution in [1.29, 1.82) is 0 Å². The zero-order chi connectivity index (χ0) is 20.0. The Hall–Kier alpha value is -2.25. The lowest BCUT2D eigenvalue weighted by molar-refractivity contribution is -0.121. The molecule has 4 N–H and O–H groups in total. The Balaban J connectivity index is 1.92. The molecule has 1 aromatic carbocycles. The molecule has 9 heteroatoms. The summed E-state index contributed by atoms with van der Waals surface area (Å²) in [6.07, 6.45) is 0.405. The van der Waals surface area contributed by atoms with Crippen LogP contribution in [0.2, 0.25) is 10.2 Å². The van der Waals surface area contributed by atoms with Gasteiger partial charge < -0.3 is 20.9 Å². The van der Waals surface area contributed by atoms with E-state index in [4.69, 9.17) is 28.9 Å². The molecule has 6 nitrogen and oxygen atoms in total. The molecule has 2 aromatic rings. The van der Waals surface area contributed by atoms with Crippen molar-refractivity contribution in [2.45, 2.75) is 13.0 Å². The van der Waals surface area contributed by atoms with Crippen molar-refractivity contribution in [1.82, 2.24) is 15.2 Å². The van der Waals surface area contributed by atoms with Crippen LogP contribution < -0.4 is 16.4 Å². The van der Waals surface area contributed by atoms with Crippen molar-refractivity contribution in [3.05, 3.63) is 57.6 Å². The van der Waals surface area contributed by atoms with Gasteiger partial charge in [0.1, 0.15) is 11.0 Å². The van der Waals surface area contributed by atoms with Crippen molar-refractivity contribution in [2.24, 2.45) is 23.7 Å². The summed E-state index contributed by atoms with van der Waals surface area (Å²) in [6.45, 7) is 0.739. The van der Waals surface area contributed by atoms with Crippen molar-refractivity contribution in [3.8, 4) is 0 Å². The number of nitrogens with two attached hydrogens (primary N) is 1. The van der Waals surface area contributed by atoms with Crippen LogP contribution in [0.5, 0.6) is 0 Å². The summed E-state index contributed by atoms with van der Waals surface area (Å²) in [5, 5.41) is 7.16. The third kappa shape index (κ3) is 5.87. The molecule has 146 valence electrons. The maximum atomic E-state index is 13.0. The number of aliphatic imine (C=N–C) groups is 1. The van der Waals surface area contributed by atoms with Gasteiger partial charge in [0.2, 0.25) is 5.91 Å². The van der Waals surface area contributed by atoms with E-state index in [-0.39, 0.29) is 5.82 Å². The third-order valence-corrected chi connectivity index (χ3v) is 5.03. The second kappa shape index (κ2) is 9.62. The van der Waals surface area contributed by atoms with Crippen molar-refractivity contribution in [3.63, 3.8) is 0 Å². The predicted molar refractivity (Wildman–Crippen MR) is 106 cm³/mol. The minimum Gasteiger partial charge on any atom is -0.369 e. The Bertz CT molecular complexity index is 820. The second-order valence-corrected chi connectivity index (χ2v) is 6.84. The minimum atomic E-state index is -0.465. The highest BCUT2D eigenvalue weighted by molar-refractivity contribution is 6.41. The molecular formula is C18H22Cl2FN5O. The van der Waals surface area contributed by atoms with Crippen LogP contribution in [0, 0.1) is 11.7 Å². The number of carbonyl (C=O) groups is 1. The Morgan fingerprint density at radius 2 is 1.96 bits per heavy atom. The monoisotopic (exact) mass is 413 g/mol. The molecular weight excluding hydrogens is 392 g/mol. The van der Waals surface area contributed by atoms with Gasteiger partial charge in [0.05, 0.1) is 17.5 Å². The van der Waals surface area contributed by atoms with E-state index >= 15 is 0 Å². The van der Waals surface area contributed by atoms with Crippen LogP contribution in [0.1, 0.15) is 11.3 Å².